The molecule has 0 aliphatic carbocycles. The first-order chi connectivity index (χ1) is 8.55. The molecule has 1 saturated heterocycles. The van der Waals surface area contributed by atoms with Gasteiger partial charge in [0.15, 0.2) is 5.54 Å². The van der Waals surface area contributed by atoms with Gasteiger partial charge in [-0.1, -0.05) is 6.07 Å². The number of nitrogens with one attached hydrogen (secondary N) is 1. The van der Waals surface area contributed by atoms with Gasteiger partial charge in [-0.25, -0.2) is 4.79 Å². The summed E-state index contributed by atoms with van der Waals surface area (Å²) < 4.78 is 5.06. The highest BCUT2D eigenvalue weighted by Crippen LogP contribution is 2.22. The fourth-order valence-electron chi connectivity index (χ4n) is 1.80. The topological polar surface area (TPSA) is 102 Å². The minimum Gasteiger partial charge on any atom is -0.479 e. The molecule has 2 heterocycles. The lowest BCUT2D eigenvalue weighted by Crippen LogP contribution is -2.57. The Morgan fingerprint density at radius 2 is 2.39 bits per heavy atom. The summed E-state index contributed by atoms with van der Waals surface area (Å²) in [5.41, 5.74) is 4.44. The standard InChI is InChI=1S/C11H14N2O4S/c12-8(7-2-1-5-18-7)9(14)13-11(10(15)16)3-4-17-6-11/h1-2,5,8H,3-4,6,12H2,(H,13,14)(H,15,16). The van der Waals surface area contributed by atoms with Crippen molar-refractivity contribution in [2.24, 2.45) is 5.73 Å². The van der Waals surface area contributed by atoms with E-state index in [1.165, 1.54) is 11.3 Å². The van der Waals surface area contributed by atoms with Crippen LogP contribution in [-0.2, 0) is 14.3 Å². The molecule has 1 amide bonds. The Hall–Kier alpha value is -1.44. The predicted molar refractivity (Wildman–Crippen MR) is 65.2 cm³/mol. The molecule has 1 aliphatic heterocycles. The Kier molecular flexibility index (Phi) is 3.65. The third kappa shape index (κ3) is 2.38. The predicted octanol–water partition coefficient (Wildman–Crippen LogP) is 0.108. The van der Waals surface area contributed by atoms with Gasteiger partial charge in [0.05, 0.1) is 6.61 Å². The number of carbonyl (C=O) groups is 2. The summed E-state index contributed by atoms with van der Waals surface area (Å²) in [4.78, 5) is 23.9. The molecule has 0 saturated carbocycles. The number of carboxylic acids is 1. The third-order valence-corrected chi connectivity index (χ3v) is 3.88. The highest BCUT2D eigenvalue weighted by atomic mass is 32.1. The molecule has 2 unspecified atom stereocenters. The molecule has 2 rings (SSSR count). The lowest BCUT2D eigenvalue weighted by atomic mass is 9.98. The summed E-state index contributed by atoms with van der Waals surface area (Å²) in [5.74, 6) is -1.59. The van der Waals surface area contributed by atoms with E-state index in [1.807, 2.05) is 5.38 Å². The van der Waals surface area contributed by atoms with Gasteiger partial charge < -0.3 is 20.9 Å². The van der Waals surface area contributed by atoms with Crippen LogP contribution in [-0.4, -0.2) is 35.7 Å². The van der Waals surface area contributed by atoms with E-state index in [-0.39, 0.29) is 13.0 Å². The number of nitrogens with two attached hydrogens (primary N) is 1. The van der Waals surface area contributed by atoms with Gasteiger partial charge in [-0.3, -0.25) is 4.79 Å². The van der Waals surface area contributed by atoms with E-state index in [0.717, 1.165) is 0 Å². The minimum atomic E-state index is -1.34. The minimum absolute atomic E-state index is 0.0226. The van der Waals surface area contributed by atoms with Crippen LogP contribution in [0, 0.1) is 0 Å². The maximum absolute atomic E-state index is 12.0. The van der Waals surface area contributed by atoms with Crippen molar-refractivity contribution in [3.8, 4) is 0 Å². The van der Waals surface area contributed by atoms with E-state index in [0.29, 0.717) is 11.5 Å². The molecular formula is C11H14N2O4S. The van der Waals surface area contributed by atoms with E-state index in [9.17, 15) is 14.7 Å². The van der Waals surface area contributed by atoms with Crippen molar-refractivity contribution < 1.29 is 19.4 Å². The molecular weight excluding hydrogens is 256 g/mol. The zero-order valence-electron chi connectivity index (χ0n) is 9.59. The molecule has 6 nitrogen and oxygen atoms in total. The van der Waals surface area contributed by atoms with E-state index < -0.39 is 23.5 Å². The van der Waals surface area contributed by atoms with Crippen LogP contribution in [0.15, 0.2) is 17.5 Å². The van der Waals surface area contributed by atoms with Gasteiger partial charge >= 0.3 is 5.97 Å². The van der Waals surface area contributed by atoms with Crippen LogP contribution in [0.1, 0.15) is 17.3 Å². The van der Waals surface area contributed by atoms with E-state index >= 15 is 0 Å². The number of hydrogen-bond donors (Lipinski definition) is 3. The van der Waals surface area contributed by atoms with Crippen LogP contribution in [0.3, 0.4) is 0 Å². The summed E-state index contributed by atoms with van der Waals surface area (Å²) in [7, 11) is 0. The van der Waals surface area contributed by atoms with Gasteiger partial charge in [-0.2, -0.15) is 0 Å². The fourth-order valence-corrected chi connectivity index (χ4v) is 2.52. The summed E-state index contributed by atoms with van der Waals surface area (Å²) in [6.45, 7) is 0.298. The van der Waals surface area contributed by atoms with Crippen molar-refractivity contribution in [3.05, 3.63) is 22.4 Å². The van der Waals surface area contributed by atoms with Gasteiger partial charge in [-0.05, 0) is 11.4 Å². The highest BCUT2D eigenvalue weighted by molar-refractivity contribution is 7.10. The van der Waals surface area contributed by atoms with E-state index in [1.54, 1.807) is 12.1 Å². The number of rotatable bonds is 4. The number of thiophene rings is 1. The maximum atomic E-state index is 12.0. The first-order valence-electron chi connectivity index (χ1n) is 5.47. The molecule has 0 bridgehead atoms. The van der Waals surface area contributed by atoms with Crippen LogP contribution in [0.4, 0.5) is 0 Å². The molecule has 1 fully saturated rings. The van der Waals surface area contributed by atoms with Gasteiger partial charge in [0.1, 0.15) is 6.04 Å². The monoisotopic (exact) mass is 270 g/mol. The smallest absolute Gasteiger partial charge is 0.331 e. The number of carbonyl (C=O) groups excluding carboxylic acids is 1. The average Bonchev–Trinajstić information content (AvgIpc) is 2.99. The molecule has 98 valence electrons. The van der Waals surface area contributed by atoms with Crippen LogP contribution >= 0.6 is 11.3 Å². The highest BCUT2D eigenvalue weighted by Gasteiger charge is 2.44. The molecule has 18 heavy (non-hydrogen) atoms. The average molecular weight is 270 g/mol. The zero-order valence-corrected chi connectivity index (χ0v) is 10.4. The first-order valence-corrected chi connectivity index (χ1v) is 6.35. The van der Waals surface area contributed by atoms with Crippen molar-refractivity contribution in [2.75, 3.05) is 13.2 Å². The Morgan fingerprint density at radius 1 is 1.61 bits per heavy atom. The van der Waals surface area contributed by atoms with Crippen molar-refractivity contribution in [3.63, 3.8) is 0 Å². The largest absolute Gasteiger partial charge is 0.479 e. The Balaban J connectivity index is 2.08. The number of aliphatic carboxylic acids is 1. The third-order valence-electron chi connectivity index (χ3n) is 2.93. The normalized spacial score (nSPS) is 24.7. The van der Waals surface area contributed by atoms with Gasteiger partial charge in [-0.15, -0.1) is 11.3 Å². The van der Waals surface area contributed by atoms with Crippen molar-refractivity contribution in [1.82, 2.24) is 5.32 Å². The molecule has 7 heteroatoms. The molecule has 0 aromatic carbocycles. The second-order valence-corrected chi connectivity index (χ2v) is 5.15. The van der Waals surface area contributed by atoms with Gasteiger partial charge in [0.2, 0.25) is 5.91 Å². The van der Waals surface area contributed by atoms with E-state index in [2.05, 4.69) is 5.32 Å². The van der Waals surface area contributed by atoms with Crippen LogP contribution in [0.5, 0.6) is 0 Å². The van der Waals surface area contributed by atoms with Crippen LogP contribution < -0.4 is 11.1 Å². The second-order valence-electron chi connectivity index (χ2n) is 4.17. The maximum Gasteiger partial charge on any atom is 0.331 e. The Labute approximate surface area is 108 Å². The lowest BCUT2D eigenvalue weighted by molar-refractivity contribution is -0.147. The Morgan fingerprint density at radius 3 is 2.89 bits per heavy atom. The summed E-state index contributed by atoms with van der Waals surface area (Å²) >= 11 is 1.36. The van der Waals surface area contributed by atoms with Gasteiger partial charge in [0.25, 0.3) is 0 Å². The molecule has 0 radical (unpaired) electrons. The SMILES string of the molecule is NC(C(=O)NC1(C(=O)O)CCOC1)c1cccs1. The van der Waals surface area contributed by atoms with Crippen molar-refractivity contribution in [2.45, 2.75) is 18.0 Å². The number of amides is 1. The lowest BCUT2D eigenvalue weighted by Gasteiger charge is -2.25. The number of carboxylic acid groups (broad SMARTS) is 1. The Bertz CT molecular complexity index is 440. The molecule has 1 aromatic rings. The number of hydrogen-bond acceptors (Lipinski definition) is 5. The zero-order chi connectivity index (χ0) is 13.2. The summed E-state index contributed by atoms with van der Waals surface area (Å²) in [6.07, 6.45) is 0.255. The molecule has 1 aromatic heterocycles. The first kappa shape index (κ1) is 13.0. The molecule has 4 N–H and O–H groups in total. The van der Waals surface area contributed by atoms with Crippen molar-refractivity contribution >= 4 is 23.2 Å². The van der Waals surface area contributed by atoms with Crippen LogP contribution in [0.25, 0.3) is 0 Å². The van der Waals surface area contributed by atoms with Crippen molar-refractivity contribution in [1.29, 1.82) is 0 Å². The van der Waals surface area contributed by atoms with E-state index in [4.69, 9.17) is 10.5 Å². The molecule has 2 atom stereocenters. The quantitative estimate of drug-likeness (QED) is 0.720. The van der Waals surface area contributed by atoms with Gasteiger partial charge in [0, 0.05) is 17.9 Å². The molecule has 0 spiro atoms. The summed E-state index contributed by atoms with van der Waals surface area (Å²) in [5, 5.41) is 13.5. The number of ether oxygens (including phenoxy) is 1. The summed E-state index contributed by atoms with van der Waals surface area (Å²) in [6, 6.07) is 2.69. The fraction of sp³-hybridized carbons (Fsp3) is 0.455. The molecule has 1 aliphatic rings. The second kappa shape index (κ2) is 5.05. The van der Waals surface area contributed by atoms with Crippen LogP contribution in [0.2, 0.25) is 0 Å².